The summed E-state index contributed by atoms with van der Waals surface area (Å²) in [5, 5.41) is 8.86. The van der Waals surface area contributed by atoms with Gasteiger partial charge in [0.15, 0.2) is 0 Å². The second-order valence-corrected chi connectivity index (χ2v) is 3.68. The van der Waals surface area contributed by atoms with E-state index in [-0.39, 0.29) is 24.7 Å². The Morgan fingerprint density at radius 1 is 1.58 bits per heavy atom. The van der Waals surface area contributed by atoms with Crippen LogP contribution in [0.5, 0.6) is 0 Å². The van der Waals surface area contributed by atoms with E-state index in [1.165, 1.54) is 0 Å². The lowest BCUT2D eigenvalue weighted by Crippen LogP contribution is -2.28. The number of aliphatic hydroxyl groups is 1. The van der Waals surface area contributed by atoms with Gasteiger partial charge in [0.25, 0.3) is 0 Å². The van der Waals surface area contributed by atoms with Crippen LogP contribution < -0.4 is 0 Å². The van der Waals surface area contributed by atoms with Crippen molar-refractivity contribution < 1.29 is 14.6 Å². The summed E-state index contributed by atoms with van der Waals surface area (Å²) in [6, 6.07) is 0. The third-order valence-corrected chi connectivity index (χ3v) is 2.86. The van der Waals surface area contributed by atoms with Crippen LogP contribution >= 0.6 is 0 Å². The Morgan fingerprint density at radius 3 is 3.08 bits per heavy atom. The highest BCUT2D eigenvalue weighted by Crippen LogP contribution is 2.34. The van der Waals surface area contributed by atoms with Crippen molar-refractivity contribution >= 4 is 5.78 Å². The third-order valence-electron chi connectivity index (χ3n) is 2.86. The summed E-state index contributed by atoms with van der Waals surface area (Å²) in [5.74, 6) is 0.429. The minimum absolute atomic E-state index is 0.0558. The summed E-state index contributed by atoms with van der Waals surface area (Å²) in [4.78, 5) is 11.4. The summed E-state index contributed by atoms with van der Waals surface area (Å²) in [5.41, 5.74) is 0. The Kier molecular flexibility index (Phi) is 2.15. The second kappa shape index (κ2) is 3.15. The molecule has 1 aliphatic carbocycles. The van der Waals surface area contributed by atoms with Crippen molar-refractivity contribution in [3.8, 4) is 0 Å². The molecule has 2 rings (SSSR count). The van der Waals surface area contributed by atoms with Crippen LogP contribution in [-0.2, 0) is 9.53 Å². The molecule has 0 spiro atoms. The van der Waals surface area contributed by atoms with E-state index < -0.39 is 0 Å². The molecule has 0 bridgehead atoms. The van der Waals surface area contributed by atoms with Gasteiger partial charge in [-0.1, -0.05) is 0 Å². The molecule has 12 heavy (non-hydrogen) atoms. The fraction of sp³-hybridized carbons (Fsp3) is 0.889. The molecular weight excluding hydrogens is 156 g/mol. The van der Waals surface area contributed by atoms with Gasteiger partial charge < -0.3 is 9.84 Å². The first-order valence-corrected chi connectivity index (χ1v) is 4.60. The molecule has 0 amide bonds. The topological polar surface area (TPSA) is 46.5 Å². The van der Waals surface area contributed by atoms with Crippen molar-refractivity contribution in [3.63, 3.8) is 0 Å². The van der Waals surface area contributed by atoms with E-state index in [2.05, 4.69) is 0 Å². The normalized spacial score (nSPS) is 41.4. The number of aliphatic hydroxyl groups excluding tert-OH is 1. The van der Waals surface area contributed by atoms with Crippen molar-refractivity contribution in [2.75, 3.05) is 6.61 Å². The van der Waals surface area contributed by atoms with Crippen LogP contribution in [0.25, 0.3) is 0 Å². The largest absolute Gasteiger partial charge is 0.394 e. The molecule has 0 aromatic carbocycles. The maximum atomic E-state index is 11.4. The van der Waals surface area contributed by atoms with Crippen molar-refractivity contribution in [3.05, 3.63) is 0 Å². The third kappa shape index (κ3) is 1.27. The van der Waals surface area contributed by atoms with Gasteiger partial charge >= 0.3 is 0 Å². The summed E-state index contributed by atoms with van der Waals surface area (Å²) in [6.45, 7) is 0.0558. The highest BCUT2D eigenvalue weighted by atomic mass is 16.5. The lowest BCUT2D eigenvalue weighted by atomic mass is 9.84. The lowest BCUT2D eigenvalue weighted by molar-refractivity contribution is -0.127. The highest BCUT2D eigenvalue weighted by Gasteiger charge is 2.40. The number of fused-ring (bicyclic) bond motifs is 1. The van der Waals surface area contributed by atoms with Gasteiger partial charge in [-0.2, -0.15) is 0 Å². The Bertz CT molecular complexity index is 190. The lowest BCUT2D eigenvalue weighted by Gasteiger charge is -2.21. The first kappa shape index (κ1) is 8.20. The van der Waals surface area contributed by atoms with Gasteiger partial charge in [-0.25, -0.2) is 0 Å². The van der Waals surface area contributed by atoms with Gasteiger partial charge in [0.1, 0.15) is 5.78 Å². The quantitative estimate of drug-likeness (QED) is 0.623. The number of hydrogen-bond donors (Lipinski definition) is 1. The molecule has 1 heterocycles. The summed E-state index contributed by atoms with van der Waals surface area (Å²) in [6.07, 6.45) is 3.43. The van der Waals surface area contributed by atoms with Gasteiger partial charge in [0, 0.05) is 12.3 Å². The van der Waals surface area contributed by atoms with Crippen LogP contribution in [0.2, 0.25) is 0 Å². The number of Topliss-reactive ketones (excluding diaryl/α,β-unsaturated/α-hetero) is 1. The van der Waals surface area contributed by atoms with Crippen molar-refractivity contribution in [1.29, 1.82) is 0 Å². The van der Waals surface area contributed by atoms with Gasteiger partial charge in [-0.05, 0) is 19.3 Å². The predicted octanol–water partition coefficient (Wildman–Crippen LogP) is 0.505. The number of hydrogen-bond acceptors (Lipinski definition) is 3. The van der Waals surface area contributed by atoms with E-state index in [9.17, 15) is 4.79 Å². The summed E-state index contributed by atoms with van der Waals surface area (Å²) >= 11 is 0. The average Bonchev–Trinajstić information content (AvgIpc) is 2.49. The molecule has 3 nitrogen and oxygen atoms in total. The molecule has 2 fully saturated rings. The van der Waals surface area contributed by atoms with Crippen molar-refractivity contribution in [2.24, 2.45) is 5.92 Å². The molecule has 3 atom stereocenters. The van der Waals surface area contributed by atoms with Gasteiger partial charge in [0.05, 0.1) is 18.8 Å². The zero-order chi connectivity index (χ0) is 8.55. The monoisotopic (exact) mass is 170 g/mol. The first-order chi connectivity index (χ1) is 5.81. The average molecular weight is 170 g/mol. The number of carbonyl (C=O) groups excluding carboxylic acids is 1. The molecule has 3 heteroatoms. The maximum Gasteiger partial charge on any atom is 0.138 e. The maximum absolute atomic E-state index is 11.4. The smallest absolute Gasteiger partial charge is 0.138 e. The first-order valence-electron chi connectivity index (χ1n) is 4.60. The van der Waals surface area contributed by atoms with Crippen LogP contribution in [0, 0.1) is 5.92 Å². The van der Waals surface area contributed by atoms with E-state index in [1.54, 1.807) is 0 Å². The van der Waals surface area contributed by atoms with Gasteiger partial charge in [-0.3, -0.25) is 4.79 Å². The van der Waals surface area contributed by atoms with Crippen molar-refractivity contribution in [1.82, 2.24) is 0 Å². The number of ketones is 1. The molecule has 1 saturated carbocycles. The molecule has 0 radical (unpaired) electrons. The standard InChI is InChI=1S/C9H14O3/c10-5-6-4-7-8(11)2-1-3-9(7)12-6/h6-7,9-10H,1-5H2/t6-,7+,9-/m1/s1. The predicted molar refractivity (Wildman–Crippen MR) is 42.7 cm³/mol. The Morgan fingerprint density at radius 2 is 2.42 bits per heavy atom. The second-order valence-electron chi connectivity index (χ2n) is 3.68. The van der Waals surface area contributed by atoms with E-state index in [0.29, 0.717) is 12.2 Å². The van der Waals surface area contributed by atoms with Crippen LogP contribution in [0.15, 0.2) is 0 Å². The van der Waals surface area contributed by atoms with Crippen LogP contribution in [0.1, 0.15) is 25.7 Å². The van der Waals surface area contributed by atoms with Gasteiger partial charge in [-0.15, -0.1) is 0 Å². The molecule has 1 saturated heterocycles. The van der Waals surface area contributed by atoms with Crippen LogP contribution in [0.4, 0.5) is 0 Å². The SMILES string of the molecule is O=C1CCC[C@H]2O[C@@H](CO)C[C@@H]12. The number of carbonyl (C=O) groups is 1. The van der Waals surface area contributed by atoms with E-state index in [0.717, 1.165) is 19.3 Å². The summed E-state index contributed by atoms with van der Waals surface area (Å²) < 4.78 is 5.51. The van der Waals surface area contributed by atoms with Crippen LogP contribution in [0.3, 0.4) is 0 Å². The minimum Gasteiger partial charge on any atom is -0.394 e. The number of ether oxygens (including phenoxy) is 1. The van der Waals surface area contributed by atoms with Gasteiger partial charge in [0.2, 0.25) is 0 Å². The molecule has 2 aliphatic rings. The molecular formula is C9H14O3. The zero-order valence-electron chi connectivity index (χ0n) is 7.03. The summed E-state index contributed by atoms with van der Waals surface area (Å²) in [7, 11) is 0. The fourth-order valence-electron chi connectivity index (χ4n) is 2.22. The molecule has 68 valence electrons. The Labute approximate surface area is 71.7 Å². The minimum atomic E-state index is -0.0814. The molecule has 0 aromatic rings. The molecule has 1 aliphatic heterocycles. The molecule has 0 unspecified atom stereocenters. The van der Waals surface area contributed by atoms with E-state index in [4.69, 9.17) is 9.84 Å². The van der Waals surface area contributed by atoms with Crippen LogP contribution in [-0.4, -0.2) is 29.7 Å². The highest BCUT2D eigenvalue weighted by molar-refractivity contribution is 5.82. The fourth-order valence-corrected chi connectivity index (χ4v) is 2.22. The van der Waals surface area contributed by atoms with E-state index >= 15 is 0 Å². The zero-order valence-corrected chi connectivity index (χ0v) is 7.03. The Hall–Kier alpha value is -0.410. The van der Waals surface area contributed by atoms with Crippen molar-refractivity contribution in [2.45, 2.75) is 37.9 Å². The number of rotatable bonds is 1. The molecule has 1 N–H and O–H groups in total. The molecule has 0 aromatic heterocycles. The van der Waals surface area contributed by atoms with E-state index in [1.807, 2.05) is 0 Å². The Balaban J connectivity index is 2.04.